The lowest BCUT2D eigenvalue weighted by molar-refractivity contribution is -0.384. The summed E-state index contributed by atoms with van der Waals surface area (Å²) in [5.74, 6) is 0.778. The molecule has 2 rings (SSSR count). The summed E-state index contributed by atoms with van der Waals surface area (Å²) in [5.41, 5.74) is -0.0501. The van der Waals surface area contributed by atoms with Crippen LogP contribution in [0.2, 0.25) is 0 Å². The lowest BCUT2D eigenvalue weighted by Crippen LogP contribution is -2.44. The summed E-state index contributed by atoms with van der Waals surface area (Å²) in [6.07, 6.45) is 1.25. The van der Waals surface area contributed by atoms with Gasteiger partial charge in [0.25, 0.3) is 0 Å². The van der Waals surface area contributed by atoms with Gasteiger partial charge in [-0.2, -0.15) is 4.98 Å². The molecule has 0 aliphatic carbocycles. The molecule has 8 nitrogen and oxygen atoms in total. The van der Waals surface area contributed by atoms with E-state index in [9.17, 15) is 10.1 Å². The van der Waals surface area contributed by atoms with Gasteiger partial charge in [0.05, 0.1) is 4.92 Å². The van der Waals surface area contributed by atoms with E-state index in [1.54, 1.807) is 7.05 Å². The van der Waals surface area contributed by atoms with Crippen LogP contribution in [-0.2, 0) is 0 Å². The first-order valence-corrected chi connectivity index (χ1v) is 5.37. The SMILES string of the molecule is CNc1ncc([N+](=O)[O-])c(N2CCNCC2)n1. The van der Waals surface area contributed by atoms with Crippen LogP contribution in [0.5, 0.6) is 0 Å². The number of piperazine rings is 1. The molecule has 8 heteroatoms. The van der Waals surface area contributed by atoms with Crippen molar-refractivity contribution in [2.24, 2.45) is 0 Å². The number of nitro groups is 1. The molecule has 2 heterocycles. The van der Waals surface area contributed by atoms with E-state index in [0.717, 1.165) is 13.1 Å². The molecule has 92 valence electrons. The highest BCUT2D eigenvalue weighted by atomic mass is 16.6. The molecule has 0 radical (unpaired) electrons. The topological polar surface area (TPSA) is 96.2 Å². The molecule has 0 atom stereocenters. The zero-order valence-corrected chi connectivity index (χ0v) is 9.51. The molecule has 0 unspecified atom stereocenters. The van der Waals surface area contributed by atoms with Gasteiger partial charge in [-0.3, -0.25) is 10.1 Å². The smallest absolute Gasteiger partial charge is 0.329 e. The van der Waals surface area contributed by atoms with E-state index in [2.05, 4.69) is 20.6 Å². The second-order valence-corrected chi connectivity index (χ2v) is 3.65. The minimum Gasteiger partial charge on any atom is -0.357 e. The summed E-state index contributed by atoms with van der Waals surface area (Å²) in [5, 5.41) is 16.9. The summed E-state index contributed by atoms with van der Waals surface area (Å²) in [7, 11) is 1.68. The summed E-state index contributed by atoms with van der Waals surface area (Å²) in [6, 6.07) is 0. The molecule has 1 aromatic rings. The van der Waals surface area contributed by atoms with E-state index in [1.807, 2.05) is 4.90 Å². The van der Waals surface area contributed by atoms with E-state index in [4.69, 9.17) is 0 Å². The maximum absolute atomic E-state index is 10.9. The maximum atomic E-state index is 10.9. The number of nitrogens with zero attached hydrogens (tertiary/aromatic N) is 4. The molecule has 0 amide bonds. The van der Waals surface area contributed by atoms with Gasteiger partial charge >= 0.3 is 5.69 Å². The van der Waals surface area contributed by atoms with Gasteiger partial charge in [-0.05, 0) is 0 Å². The van der Waals surface area contributed by atoms with Gasteiger partial charge in [0, 0.05) is 33.2 Å². The average Bonchev–Trinajstić information content (AvgIpc) is 2.39. The highest BCUT2D eigenvalue weighted by molar-refractivity contribution is 5.59. The Kier molecular flexibility index (Phi) is 3.33. The first kappa shape index (κ1) is 11.5. The van der Waals surface area contributed by atoms with Crippen LogP contribution in [0.1, 0.15) is 0 Å². The molecule has 1 fully saturated rings. The number of hydrogen-bond acceptors (Lipinski definition) is 7. The van der Waals surface area contributed by atoms with E-state index in [1.165, 1.54) is 6.20 Å². The molecule has 2 N–H and O–H groups in total. The summed E-state index contributed by atoms with van der Waals surface area (Å²) in [6.45, 7) is 3.02. The van der Waals surface area contributed by atoms with E-state index < -0.39 is 4.92 Å². The van der Waals surface area contributed by atoms with Gasteiger partial charge in [-0.15, -0.1) is 0 Å². The number of anilines is 2. The highest BCUT2D eigenvalue weighted by Crippen LogP contribution is 2.25. The lowest BCUT2D eigenvalue weighted by Gasteiger charge is -2.27. The highest BCUT2D eigenvalue weighted by Gasteiger charge is 2.23. The molecule has 1 saturated heterocycles. The van der Waals surface area contributed by atoms with Crippen LogP contribution < -0.4 is 15.5 Å². The number of hydrogen-bond donors (Lipinski definition) is 2. The van der Waals surface area contributed by atoms with E-state index in [-0.39, 0.29) is 5.69 Å². The van der Waals surface area contributed by atoms with Crippen LogP contribution >= 0.6 is 0 Å². The van der Waals surface area contributed by atoms with Crippen LogP contribution in [0, 0.1) is 10.1 Å². The zero-order valence-electron chi connectivity index (χ0n) is 9.51. The Hall–Kier alpha value is -1.96. The molecule has 1 aromatic heterocycles. The Morgan fingerprint density at radius 2 is 2.24 bits per heavy atom. The van der Waals surface area contributed by atoms with Gasteiger partial charge < -0.3 is 15.5 Å². The van der Waals surface area contributed by atoms with Crippen molar-refractivity contribution in [1.82, 2.24) is 15.3 Å². The molecular weight excluding hydrogens is 224 g/mol. The summed E-state index contributed by atoms with van der Waals surface area (Å²) in [4.78, 5) is 20.4. The fraction of sp³-hybridized carbons (Fsp3) is 0.556. The normalized spacial score (nSPS) is 15.7. The van der Waals surface area contributed by atoms with Gasteiger partial charge in [-0.1, -0.05) is 0 Å². The van der Waals surface area contributed by atoms with Crippen LogP contribution in [0.3, 0.4) is 0 Å². The largest absolute Gasteiger partial charge is 0.357 e. The van der Waals surface area contributed by atoms with Crippen LogP contribution in [0.15, 0.2) is 6.20 Å². The van der Waals surface area contributed by atoms with Gasteiger partial charge in [0.2, 0.25) is 11.8 Å². The van der Waals surface area contributed by atoms with Crippen molar-refractivity contribution in [3.05, 3.63) is 16.3 Å². The Labute approximate surface area is 98.2 Å². The first-order valence-electron chi connectivity index (χ1n) is 5.37. The van der Waals surface area contributed by atoms with Crippen LogP contribution in [-0.4, -0.2) is 48.1 Å². The van der Waals surface area contributed by atoms with Gasteiger partial charge in [0.15, 0.2) is 0 Å². The van der Waals surface area contributed by atoms with Crippen molar-refractivity contribution in [1.29, 1.82) is 0 Å². The minimum atomic E-state index is -0.448. The van der Waals surface area contributed by atoms with E-state index >= 15 is 0 Å². The molecule has 1 aliphatic rings. The predicted molar refractivity (Wildman–Crippen MR) is 63.3 cm³/mol. The van der Waals surface area contributed by atoms with Crippen molar-refractivity contribution in [2.75, 3.05) is 43.4 Å². The first-order chi connectivity index (χ1) is 8.22. The van der Waals surface area contributed by atoms with Crippen molar-refractivity contribution >= 4 is 17.5 Å². The number of rotatable bonds is 3. The van der Waals surface area contributed by atoms with Gasteiger partial charge in [0.1, 0.15) is 6.20 Å². The Balaban J connectivity index is 2.36. The van der Waals surface area contributed by atoms with Crippen LogP contribution in [0.25, 0.3) is 0 Å². The second-order valence-electron chi connectivity index (χ2n) is 3.65. The Morgan fingerprint density at radius 3 is 2.82 bits per heavy atom. The molecule has 0 bridgehead atoms. The predicted octanol–water partition coefficient (Wildman–Crippen LogP) is -0.164. The average molecular weight is 238 g/mol. The van der Waals surface area contributed by atoms with Crippen molar-refractivity contribution in [2.45, 2.75) is 0 Å². The molecular formula is C9H14N6O2. The van der Waals surface area contributed by atoms with Crippen molar-refractivity contribution < 1.29 is 4.92 Å². The third-order valence-corrected chi connectivity index (χ3v) is 2.59. The number of nitrogens with one attached hydrogen (secondary N) is 2. The second kappa shape index (κ2) is 4.91. The zero-order chi connectivity index (χ0) is 12.3. The fourth-order valence-corrected chi connectivity index (χ4v) is 1.73. The molecule has 0 spiro atoms. The lowest BCUT2D eigenvalue weighted by atomic mass is 10.3. The standard InChI is InChI=1S/C9H14N6O2/c1-10-9-12-6-7(15(16)17)8(13-9)14-4-2-11-3-5-14/h6,11H,2-5H2,1H3,(H,10,12,13). The number of aromatic nitrogens is 2. The molecule has 1 aliphatic heterocycles. The molecule has 0 saturated carbocycles. The van der Waals surface area contributed by atoms with Crippen LogP contribution in [0.4, 0.5) is 17.5 Å². The van der Waals surface area contributed by atoms with Gasteiger partial charge in [-0.25, -0.2) is 4.98 Å². The molecule has 17 heavy (non-hydrogen) atoms. The Morgan fingerprint density at radius 1 is 1.53 bits per heavy atom. The van der Waals surface area contributed by atoms with Crippen molar-refractivity contribution in [3.63, 3.8) is 0 Å². The fourth-order valence-electron chi connectivity index (χ4n) is 1.73. The third-order valence-electron chi connectivity index (χ3n) is 2.59. The Bertz CT molecular complexity index is 418. The summed E-state index contributed by atoms with van der Waals surface area (Å²) >= 11 is 0. The van der Waals surface area contributed by atoms with Crippen molar-refractivity contribution in [3.8, 4) is 0 Å². The third kappa shape index (κ3) is 2.41. The van der Waals surface area contributed by atoms with E-state index in [0.29, 0.717) is 24.9 Å². The quantitative estimate of drug-likeness (QED) is 0.557. The minimum absolute atomic E-state index is 0.0501. The summed E-state index contributed by atoms with van der Waals surface area (Å²) < 4.78 is 0. The monoisotopic (exact) mass is 238 g/mol. The molecule has 0 aromatic carbocycles. The maximum Gasteiger partial charge on any atom is 0.329 e.